The van der Waals surface area contributed by atoms with Gasteiger partial charge in [-0.3, -0.25) is 4.79 Å². The van der Waals surface area contributed by atoms with Crippen molar-refractivity contribution in [3.05, 3.63) is 24.3 Å². The molecule has 0 aromatic heterocycles. The molecule has 3 rings (SSSR count). The van der Waals surface area contributed by atoms with E-state index in [1.165, 1.54) is 7.11 Å². The molecular formula is C18H25BO5. The summed E-state index contributed by atoms with van der Waals surface area (Å²) in [5.74, 6) is 0.907. The van der Waals surface area contributed by atoms with Gasteiger partial charge in [-0.2, -0.15) is 0 Å². The zero-order chi connectivity index (χ0) is 17.5. The SMILES string of the molecule is COC(=O)C1CC1COc1ccc(B2OC(C)(C)C(C)(C)O2)cc1. The van der Waals surface area contributed by atoms with E-state index in [9.17, 15) is 4.79 Å². The average molecular weight is 332 g/mol. The molecule has 1 aromatic rings. The summed E-state index contributed by atoms with van der Waals surface area (Å²) in [6.07, 6.45) is 0.846. The van der Waals surface area contributed by atoms with Gasteiger partial charge in [0.1, 0.15) is 5.75 Å². The van der Waals surface area contributed by atoms with E-state index >= 15 is 0 Å². The zero-order valence-electron chi connectivity index (χ0n) is 15.0. The number of carbonyl (C=O) groups is 1. The van der Waals surface area contributed by atoms with Crippen molar-refractivity contribution < 1.29 is 23.6 Å². The molecule has 2 fully saturated rings. The molecule has 0 spiro atoms. The lowest BCUT2D eigenvalue weighted by Gasteiger charge is -2.32. The highest BCUT2D eigenvalue weighted by Gasteiger charge is 2.51. The monoisotopic (exact) mass is 332 g/mol. The van der Waals surface area contributed by atoms with Crippen LogP contribution in [0.1, 0.15) is 34.1 Å². The van der Waals surface area contributed by atoms with Crippen LogP contribution in [-0.4, -0.2) is 38.0 Å². The van der Waals surface area contributed by atoms with E-state index < -0.39 is 0 Å². The lowest BCUT2D eigenvalue weighted by Crippen LogP contribution is -2.41. The summed E-state index contributed by atoms with van der Waals surface area (Å²) >= 11 is 0. The van der Waals surface area contributed by atoms with Crippen molar-refractivity contribution in [3.63, 3.8) is 0 Å². The first-order valence-corrected chi connectivity index (χ1v) is 8.40. The van der Waals surface area contributed by atoms with E-state index in [1.54, 1.807) is 0 Å². The molecule has 0 N–H and O–H groups in total. The van der Waals surface area contributed by atoms with Gasteiger partial charge in [0, 0.05) is 5.92 Å². The Balaban J connectivity index is 1.54. The molecule has 1 aliphatic carbocycles. The third kappa shape index (κ3) is 3.30. The molecule has 6 heteroatoms. The van der Waals surface area contributed by atoms with Gasteiger partial charge in [0.05, 0.1) is 30.8 Å². The fourth-order valence-corrected chi connectivity index (χ4v) is 2.78. The van der Waals surface area contributed by atoms with Gasteiger partial charge >= 0.3 is 13.1 Å². The van der Waals surface area contributed by atoms with Gasteiger partial charge in [-0.05, 0) is 51.7 Å². The highest BCUT2D eigenvalue weighted by molar-refractivity contribution is 6.62. The molecular weight excluding hydrogens is 307 g/mol. The molecule has 2 unspecified atom stereocenters. The lowest BCUT2D eigenvalue weighted by molar-refractivity contribution is -0.142. The minimum absolute atomic E-state index is 0.000903. The number of esters is 1. The van der Waals surface area contributed by atoms with E-state index in [-0.39, 0.29) is 36.1 Å². The number of carbonyl (C=O) groups excluding carboxylic acids is 1. The highest BCUT2D eigenvalue weighted by Crippen LogP contribution is 2.39. The maximum Gasteiger partial charge on any atom is 0.494 e. The fraction of sp³-hybridized carbons (Fsp3) is 0.611. The summed E-state index contributed by atoms with van der Waals surface area (Å²) in [6, 6.07) is 7.75. The van der Waals surface area contributed by atoms with Crippen molar-refractivity contribution >= 4 is 18.6 Å². The van der Waals surface area contributed by atoms with Gasteiger partial charge in [0.25, 0.3) is 0 Å². The van der Waals surface area contributed by atoms with E-state index in [0.717, 1.165) is 17.6 Å². The molecule has 130 valence electrons. The standard InChI is InChI=1S/C18H25BO5/c1-17(2)18(3,4)24-19(23-17)13-6-8-14(9-7-13)22-11-12-10-15(12)16(20)21-5/h6-9,12,15H,10-11H2,1-5H3. The van der Waals surface area contributed by atoms with Crippen molar-refractivity contribution in [1.82, 2.24) is 0 Å². The van der Waals surface area contributed by atoms with Crippen LogP contribution in [0.5, 0.6) is 5.75 Å². The minimum Gasteiger partial charge on any atom is -0.493 e. The quantitative estimate of drug-likeness (QED) is 0.611. The maximum atomic E-state index is 11.4. The molecule has 5 nitrogen and oxygen atoms in total. The van der Waals surface area contributed by atoms with Crippen molar-refractivity contribution in [2.75, 3.05) is 13.7 Å². The van der Waals surface area contributed by atoms with Gasteiger partial charge in [0.15, 0.2) is 0 Å². The van der Waals surface area contributed by atoms with E-state index in [2.05, 4.69) is 0 Å². The average Bonchev–Trinajstić information content (AvgIpc) is 3.26. The van der Waals surface area contributed by atoms with Crippen molar-refractivity contribution in [3.8, 4) is 5.75 Å². The summed E-state index contributed by atoms with van der Waals surface area (Å²) in [6.45, 7) is 8.70. The molecule has 0 bridgehead atoms. The Morgan fingerprint density at radius 1 is 1.17 bits per heavy atom. The van der Waals surface area contributed by atoms with Crippen LogP contribution < -0.4 is 10.2 Å². The van der Waals surface area contributed by atoms with Crippen LogP contribution >= 0.6 is 0 Å². The third-order valence-corrected chi connectivity index (χ3v) is 5.30. The van der Waals surface area contributed by atoms with E-state index in [1.807, 2.05) is 52.0 Å². The number of hydrogen-bond acceptors (Lipinski definition) is 5. The zero-order valence-corrected chi connectivity index (χ0v) is 15.0. The van der Waals surface area contributed by atoms with E-state index in [4.69, 9.17) is 18.8 Å². The number of methoxy groups -OCH3 is 1. The number of rotatable bonds is 5. The molecule has 0 radical (unpaired) electrons. The third-order valence-electron chi connectivity index (χ3n) is 5.30. The van der Waals surface area contributed by atoms with Gasteiger partial charge in [-0.15, -0.1) is 0 Å². The van der Waals surface area contributed by atoms with Gasteiger partial charge in [-0.25, -0.2) is 0 Å². The Hall–Kier alpha value is -1.53. The van der Waals surface area contributed by atoms with Crippen LogP contribution in [0.15, 0.2) is 24.3 Å². The summed E-state index contributed by atoms with van der Waals surface area (Å²) < 4.78 is 22.6. The van der Waals surface area contributed by atoms with E-state index in [0.29, 0.717) is 6.61 Å². The van der Waals surface area contributed by atoms with Crippen LogP contribution in [0.2, 0.25) is 0 Å². The largest absolute Gasteiger partial charge is 0.494 e. The van der Waals surface area contributed by atoms with Crippen LogP contribution in [0, 0.1) is 11.8 Å². The second-order valence-corrected chi connectivity index (χ2v) is 7.59. The first kappa shape index (κ1) is 17.3. The normalized spacial score (nSPS) is 27.0. The predicted molar refractivity (Wildman–Crippen MR) is 91.3 cm³/mol. The minimum atomic E-state index is -0.365. The lowest BCUT2D eigenvalue weighted by atomic mass is 9.79. The fourth-order valence-electron chi connectivity index (χ4n) is 2.78. The second kappa shape index (κ2) is 6.08. The summed E-state index contributed by atoms with van der Waals surface area (Å²) in [4.78, 5) is 11.4. The molecule has 24 heavy (non-hydrogen) atoms. The van der Waals surface area contributed by atoms with Crippen molar-refractivity contribution in [2.24, 2.45) is 11.8 Å². The Morgan fingerprint density at radius 2 is 1.75 bits per heavy atom. The Labute approximate surface area is 143 Å². The van der Waals surface area contributed by atoms with Crippen molar-refractivity contribution in [2.45, 2.75) is 45.3 Å². The van der Waals surface area contributed by atoms with Crippen molar-refractivity contribution in [1.29, 1.82) is 0 Å². The molecule has 0 amide bonds. The van der Waals surface area contributed by atoms with Crippen LogP contribution in [-0.2, 0) is 18.8 Å². The molecule has 1 aromatic carbocycles. The van der Waals surface area contributed by atoms with Crippen LogP contribution in [0.4, 0.5) is 0 Å². The Kier molecular flexibility index (Phi) is 4.38. The molecule has 1 aliphatic heterocycles. The number of ether oxygens (including phenoxy) is 2. The molecule has 1 saturated heterocycles. The highest BCUT2D eigenvalue weighted by atomic mass is 16.7. The Morgan fingerprint density at radius 3 is 2.29 bits per heavy atom. The van der Waals surface area contributed by atoms with Gasteiger partial charge < -0.3 is 18.8 Å². The molecule has 2 aliphatic rings. The first-order valence-electron chi connectivity index (χ1n) is 8.40. The van der Waals surface area contributed by atoms with Gasteiger partial charge in [-0.1, -0.05) is 12.1 Å². The van der Waals surface area contributed by atoms with Crippen LogP contribution in [0.3, 0.4) is 0 Å². The molecule has 1 saturated carbocycles. The van der Waals surface area contributed by atoms with Gasteiger partial charge in [0.2, 0.25) is 0 Å². The predicted octanol–water partition coefficient (Wildman–Crippen LogP) is 2.17. The number of benzene rings is 1. The second-order valence-electron chi connectivity index (χ2n) is 7.59. The maximum absolute atomic E-state index is 11.4. The summed E-state index contributed by atoms with van der Waals surface area (Å²) in [5.41, 5.74) is 0.281. The number of hydrogen-bond donors (Lipinski definition) is 0. The summed E-state index contributed by atoms with van der Waals surface area (Å²) in [5, 5.41) is 0. The topological polar surface area (TPSA) is 54.0 Å². The summed E-state index contributed by atoms with van der Waals surface area (Å²) in [7, 11) is 1.06. The molecule has 1 heterocycles. The molecule has 2 atom stereocenters. The smallest absolute Gasteiger partial charge is 0.493 e. The Bertz CT molecular complexity index is 594. The van der Waals surface area contributed by atoms with Crippen LogP contribution in [0.25, 0.3) is 0 Å². The first-order chi connectivity index (χ1) is 11.2.